The molecule has 100 valence electrons. The van der Waals surface area contributed by atoms with Gasteiger partial charge in [0.15, 0.2) is 5.13 Å². The predicted molar refractivity (Wildman–Crippen MR) is 80.1 cm³/mol. The van der Waals surface area contributed by atoms with Gasteiger partial charge in [0.25, 0.3) is 5.91 Å². The van der Waals surface area contributed by atoms with E-state index in [4.69, 9.17) is 0 Å². The van der Waals surface area contributed by atoms with Crippen molar-refractivity contribution in [2.24, 2.45) is 0 Å². The van der Waals surface area contributed by atoms with E-state index in [1.807, 2.05) is 37.4 Å². The van der Waals surface area contributed by atoms with Crippen molar-refractivity contribution < 1.29 is 4.79 Å². The highest BCUT2D eigenvalue weighted by molar-refractivity contribution is 7.14. The summed E-state index contributed by atoms with van der Waals surface area (Å²) < 4.78 is 0. The number of aromatic nitrogens is 1. The Bertz CT molecular complexity index is 602. The molecule has 1 aromatic heterocycles. The van der Waals surface area contributed by atoms with Crippen LogP contribution < -0.4 is 5.32 Å². The first-order valence-electron chi connectivity index (χ1n) is 6.31. The van der Waals surface area contributed by atoms with Crippen molar-refractivity contribution in [1.82, 2.24) is 4.98 Å². The Labute approximate surface area is 117 Å². The van der Waals surface area contributed by atoms with Crippen LogP contribution in [0.4, 0.5) is 5.13 Å². The molecule has 3 nitrogen and oxygen atoms in total. The number of rotatable bonds is 3. The van der Waals surface area contributed by atoms with Crippen molar-refractivity contribution >= 4 is 22.4 Å². The number of carbonyl (C=O) groups is 1. The molecule has 0 atom stereocenters. The Kier molecular flexibility index (Phi) is 4.00. The van der Waals surface area contributed by atoms with Crippen LogP contribution in [0.2, 0.25) is 0 Å². The highest BCUT2D eigenvalue weighted by Gasteiger charge is 2.11. The molecule has 0 aliphatic heterocycles. The Morgan fingerprint density at radius 1 is 1.26 bits per heavy atom. The molecule has 1 amide bonds. The largest absolute Gasteiger partial charge is 0.298 e. The predicted octanol–water partition coefficient (Wildman–Crippen LogP) is 4.14. The summed E-state index contributed by atoms with van der Waals surface area (Å²) in [5.41, 5.74) is 3.99. The summed E-state index contributed by atoms with van der Waals surface area (Å²) in [6, 6.07) is 5.71. The van der Waals surface area contributed by atoms with E-state index >= 15 is 0 Å². The van der Waals surface area contributed by atoms with Gasteiger partial charge in [-0.05, 0) is 43.0 Å². The van der Waals surface area contributed by atoms with Gasteiger partial charge in [0, 0.05) is 10.9 Å². The standard InChI is InChI=1S/C15H18N2OS/c1-9(2)13-8-19-15(16-13)17-14(18)12-6-5-10(3)11(4)7-12/h5-9H,1-4H3,(H,16,17,18). The first-order valence-corrected chi connectivity index (χ1v) is 7.19. The van der Waals surface area contributed by atoms with Gasteiger partial charge in [0.05, 0.1) is 5.69 Å². The number of nitrogens with zero attached hydrogens (tertiary/aromatic N) is 1. The van der Waals surface area contributed by atoms with E-state index in [0.29, 0.717) is 16.6 Å². The smallest absolute Gasteiger partial charge is 0.257 e. The fourth-order valence-electron chi connectivity index (χ4n) is 1.66. The number of anilines is 1. The monoisotopic (exact) mass is 274 g/mol. The van der Waals surface area contributed by atoms with Gasteiger partial charge >= 0.3 is 0 Å². The molecule has 0 radical (unpaired) electrons. The molecule has 0 bridgehead atoms. The third kappa shape index (κ3) is 3.20. The third-order valence-electron chi connectivity index (χ3n) is 3.10. The van der Waals surface area contributed by atoms with E-state index < -0.39 is 0 Å². The van der Waals surface area contributed by atoms with Crippen molar-refractivity contribution in [1.29, 1.82) is 0 Å². The average Bonchev–Trinajstić information content (AvgIpc) is 2.81. The van der Waals surface area contributed by atoms with E-state index in [9.17, 15) is 4.79 Å². The zero-order valence-corrected chi connectivity index (χ0v) is 12.5. The maximum Gasteiger partial charge on any atom is 0.257 e. The van der Waals surface area contributed by atoms with Crippen molar-refractivity contribution in [3.05, 3.63) is 46.0 Å². The van der Waals surface area contributed by atoms with E-state index in [-0.39, 0.29) is 5.91 Å². The van der Waals surface area contributed by atoms with Gasteiger partial charge in [-0.2, -0.15) is 0 Å². The van der Waals surface area contributed by atoms with Crippen molar-refractivity contribution in [3.8, 4) is 0 Å². The van der Waals surface area contributed by atoms with Gasteiger partial charge in [-0.15, -0.1) is 11.3 Å². The number of thiazole rings is 1. The zero-order valence-electron chi connectivity index (χ0n) is 11.7. The third-order valence-corrected chi connectivity index (χ3v) is 3.88. The first-order chi connectivity index (χ1) is 8.97. The highest BCUT2D eigenvalue weighted by atomic mass is 32.1. The lowest BCUT2D eigenvalue weighted by molar-refractivity contribution is 0.102. The lowest BCUT2D eigenvalue weighted by Gasteiger charge is -2.05. The quantitative estimate of drug-likeness (QED) is 0.914. The maximum atomic E-state index is 12.1. The van der Waals surface area contributed by atoms with Gasteiger partial charge in [-0.1, -0.05) is 19.9 Å². The molecular weight excluding hydrogens is 256 g/mol. The second-order valence-corrected chi connectivity index (χ2v) is 5.84. The van der Waals surface area contributed by atoms with Crippen LogP contribution in [-0.2, 0) is 0 Å². The minimum absolute atomic E-state index is 0.104. The van der Waals surface area contributed by atoms with Crippen LogP contribution >= 0.6 is 11.3 Å². The minimum Gasteiger partial charge on any atom is -0.298 e. The summed E-state index contributed by atoms with van der Waals surface area (Å²) in [5, 5.41) is 5.49. The summed E-state index contributed by atoms with van der Waals surface area (Å²) in [6.45, 7) is 8.22. The van der Waals surface area contributed by atoms with Gasteiger partial charge in [0.1, 0.15) is 0 Å². The molecule has 0 aliphatic rings. The number of benzene rings is 1. The van der Waals surface area contributed by atoms with Gasteiger partial charge in [-0.25, -0.2) is 4.98 Å². The minimum atomic E-state index is -0.104. The van der Waals surface area contributed by atoms with Crippen molar-refractivity contribution in [2.75, 3.05) is 5.32 Å². The van der Waals surface area contributed by atoms with Crippen LogP contribution in [0.25, 0.3) is 0 Å². The molecule has 1 aromatic carbocycles. The molecule has 19 heavy (non-hydrogen) atoms. The molecule has 0 aliphatic carbocycles. The lowest BCUT2D eigenvalue weighted by atomic mass is 10.1. The van der Waals surface area contributed by atoms with Crippen LogP contribution in [0.1, 0.15) is 46.9 Å². The molecule has 0 fully saturated rings. The molecule has 2 rings (SSSR count). The van der Waals surface area contributed by atoms with Crippen LogP contribution in [0.15, 0.2) is 23.6 Å². The average molecular weight is 274 g/mol. The molecule has 4 heteroatoms. The number of nitrogens with one attached hydrogen (secondary N) is 1. The van der Waals surface area contributed by atoms with E-state index in [2.05, 4.69) is 24.1 Å². The van der Waals surface area contributed by atoms with Gasteiger partial charge in [-0.3, -0.25) is 10.1 Å². The lowest BCUT2D eigenvalue weighted by Crippen LogP contribution is -2.12. The fraction of sp³-hybridized carbons (Fsp3) is 0.333. The summed E-state index contributed by atoms with van der Waals surface area (Å²) in [5.74, 6) is 0.274. The van der Waals surface area contributed by atoms with E-state index in [1.165, 1.54) is 16.9 Å². The van der Waals surface area contributed by atoms with Crippen LogP contribution in [-0.4, -0.2) is 10.9 Å². The van der Waals surface area contributed by atoms with Crippen molar-refractivity contribution in [2.45, 2.75) is 33.6 Å². The first kappa shape index (κ1) is 13.7. The topological polar surface area (TPSA) is 42.0 Å². The Morgan fingerprint density at radius 2 is 2.00 bits per heavy atom. The Morgan fingerprint density at radius 3 is 2.58 bits per heavy atom. The number of carbonyl (C=O) groups excluding carboxylic acids is 1. The number of hydrogen-bond acceptors (Lipinski definition) is 3. The second-order valence-electron chi connectivity index (χ2n) is 4.99. The van der Waals surface area contributed by atoms with Crippen LogP contribution in [0.3, 0.4) is 0 Å². The van der Waals surface area contributed by atoms with E-state index in [0.717, 1.165) is 11.3 Å². The second kappa shape index (κ2) is 5.53. The molecule has 2 aromatic rings. The number of hydrogen-bond donors (Lipinski definition) is 1. The van der Waals surface area contributed by atoms with Gasteiger partial charge < -0.3 is 0 Å². The number of aryl methyl sites for hydroxylation is 2. The Hall–Kier alpha value is -1.68. The molecule has 1 heterocycles. The molecule has 0 saturated heterocycles. The summed E-state index contributed by atoms with van der Waals surface area (Å²) in [4.78, 5) is 16.5. The molecule has 0 saturated carbocycles. The van der Waals surface area contributed by atoms with Crippen LogP contribution in [0, 0.1) is 13.8 Å². The highest BCUT2D eigenvalue weighted by Crippen LogP contribution is 2.22. The molecule has 1 N–H and O–H groups in total. The summed E-state index contributed by atoms with van der Waals surface area (Å²) in [6.07, 6.45) is 0. The van der Waals surface area contributed by atoms with E-state index in [1.54, 1.807) is 0 Å². The SMILES string of the molecule is Cc1ccc(C(=O)Nc2nc(C(C)C)cs2)cc1C. The summed E-state index contributed by atoms with van der Waals surface area (Å²) >= 11 is 1.47. The normalized spacial score (nSPS) is 10.8. The van der Waals surface area contributed by atoms with Crippen molar-refractivity contribution in [3.63, 3.8) is 0 Å². The zero-order chi connectivity index (χ0) is 14.0. The summed E-state index contributed by atoms with van der Waals surface area (Å²) in [7, 11) is 0. The molecule has 0 unspecified atom stereocenters. The molecule has 0 spiro atoms. The maximum absolute atomic E-state index is 12.1. The fourth-order valence-corrected chi connectivity index (χ4v) is 2.53. The Balaban J connectivity index is 2.13. The number of amides is 1. The molecular formula is C15H18N2OS. The van der Waals surface area contributed by atoms with Gasteiger partial charge in [0.2, 0.25) is 0 Å². The van der Waals surface area contributed by atoms with Crippen LogP contribution in [0.5, 0.6) is 0 Å².